The molecule has 186 valence electrons. The fraction of sp³-hybridized carbons (Fsp3) is 0.480. The van der Waals surface area contributed by atoms with Crippen molar-refractivity contribution in [3.05, 3.63) is 45.6 Å². The van der Waals surface area contributed by atoms with Crippen molar-refractivity contribution in [1.82, 2.24) is 20.2 Å². The van der Waals surface area contributed by atoms with Crippen LogP contribution in [0.5, 0.6) is 0 Å². The zero-order valence-corrected chi connectivity index (χ0v) is 21.5. The molecular weight excluding hydrogens is 491 g/mol. The van der Waals surface area contributed by atoms with E-state index in [9.17, 15) is 9.18 Å². The van der Waals surface area contributed by atoms with Crippen LogP contribution < -0.4 is 5.32 Å². The summed E-state index contributed by atoms with van der Waals surface area (Å²) in [5, 5.41) is 4.11. The smallest absolute Gasteiger partial charge is 0.410 e. The molecule has 2 aromatic heterocycles. The maximum absolute atomic E-state index is 13.4. The largest absolute Gasteiger partial charge is 0.447 e. The quantitative estimate of drug-likeness (QED) is 0.499. The van der Waals surface area contributed by atoms with Gasteiger partial charge in [-0.25, -0.2) is 19.2 Å². The number of rotatable bonds is 6. The van der Waals surface area contributed by atoms with Crippen LogP contribution in [0.15, 0.2) is 24.5 Å². The normalized spacial score (nSPS) is 22.1. The van der Waals surface area contributed by atoms with Crippen molar-refractivity contribution < 1.29 is 18.7 Å². The number of cyclic esters (lactones) is 1. The number of fused-ring (bicyclic) bond motifs is 1. The van der Waals surface area contributed by atoms with Gasteiger partial charge in [0.05, 0.1) is 40.2 Å². The van der Waals surface area contributed by atoms with E-state index >= 15 is 0 Å². The summed E-state index contributed by atoms with van der Waals surface area (Å²) in [5.41, 5.74) is 4.50. The van der Waals surface area contributed by atoms with E-state index < -0.39 is 18.8 Å². The van der Waals surface area contributed by atoms with E-state index in [0.29, 0.717) is 5.02 Å². The Bertz CT molecular complexity index is 1270. The second-order valence-electron chi connectivity index (χ2n) is 9.75. The third kappa shape index (κ3) is 5.00. The van der Waals surface area contributed by atoms with Gasteiger partial charge in [0.25, 0.3) is 0 Å². The minimum absolute atomic E-state index is 0.0208. The zero-order valence-electron chi connectivity index (χ0n) is 19.9. The second kappa shape index (κ2) is 9.61. The third-order valence-electron chi connectivity index (χ3n) is 6.47. The molecule has 4 heterocycles. The molecule has 0 saturated carbocycles. The van der Waals surface area contributed by atoms with Crippen LogP contribution in [0.25, 0.3) is 21.5 Å². The van der Waals surface area contributed by atoms with Crippen molar-refractivity contribution in [2.75, 3.05) is 26.4 Å². The third-order valence-corrected chi connectivity index (χ3v) is 7.81. The molecule has 0 radical (unpaired) electrons. The molecule has 1 N–H and O–H groups in total. The lowest BCUT2D eigenvalue weighted by atomic mass is 9.93. The van der Waals surface area contributed by atoms with Crippen molar-refractivity contribution in [2.45, 2.75) is 51.5 Å². The number of thiophene rings is 1. The van der Waals surface area contributed by atoms with Gasteiger partial charge in [-0.05, 0) is 50.1 Å². The molecule has 0 unspecified atom stereocenters. The minimum Gasteiger partial charge on any atom is -0.447 e. The first-order valence-electron chi connectivity index (χ1n) is 11.6. The van der Waals surface area contributed by atoms with Crippen molar-refractivity contribution in [1.29, 1.82) is 0 Å². The van der Waals surface area contributed by atoms with Gasteiger partial charge in [-0.2, -0.15) is 0 Å². The summed E-state index contributed by atoms with van der Waals surface area (Å²) < 4.78 is 25.6. The molecule has 2 saturated heterocycles. The number of morpholine rings is 1. The Kier molecular flexibility index (Phi) is 6.69. The van der Waals surface area contributed by atoms with E-state index in [-0.39, 0.29) is 24.9 Å². The lowest BCUT2D eigenvalue weighted by molar-refractivity contribution is -0.0928. The molecule has 0 aliphatic carbocycles. The lowest BCUT2D eigenvalue weighted by Gasteiger charge is -2.37. The fourth-order valence-corrected chi connectivity index (χ4v) is 6.20. The Morgan fingerprint density at radius 2 is 2.14 bits per heavy atom. The Morgan fingerprint density at radius 3 is 2.91 bits per heavy atom. The molecule has 1 aromatic carbocycles. The highest BCUT2D eigenvalue weighted by Crippen LogP contribution is 2.38. The Labute approximate surface area is 212 Å². The number of hydrogen-bond donors (Lipinski definition) is 1. The van der Waals surface area contributed by atoms with E-state index in [2.05, 4.69) is 36.1 Å². The van der Waals surface area contributed by atoms with Crippen molar-refractivity contribution in [2.24, 2.45) is 0 Å². The molecule has 35 heavy (non-hydrogen) atoms. The number of amides is 1. The molecule has 7 nitrogen and oxygen atoms in total. The van der Waals surface area contributed by atoms with Crippen LogP contribution >= 0.6 is 22.9 Å². The summed E-state index contributed by atoms with van der Waals surface area (Å²) in [6, 6.07) is 5.29. The first-order chi connectivity index (χ1) is 16.7. The van der Waals surface area contributed by atoms with E-state index in [1.165, 1.54) is 16.2 Å². The molecule has 2 aliphatic rings. The van der Waals surface area contributed by atoms with Gasteiger partial charge in [-0.15, -0.1) is 11.3 Å². The Balaban J connectivity index is 1.52. The molecule has 10 heteroatoms. The predicted molar refractivity (Wildman–Crippen MR) is 135 cm³/mol. The van der Waals surface area contributed by atoms with Crippen LogP contribution in [0.1, 0.15) is 29.9 Å². The van der Waals surface area contributed by atoms with E-state index in [1.54, 1.807) is 6.33 Å². The topological polar surface area (TPSA) is 76.6 Å². The minimum atomic E-state index is -0.637. The molecular formula is C25H28ClFN4O3S. The molecule has 3 aromatic rings. The van der Waals surface area contributed by atoms with Gasteiger partial charge < -0.3 is 14.8 Å². The maximum atomic E-state index is 13.4. The van der Waals surface area contributed by atoms with Gasteiger partial charge in [0.1, 0.15) is 19.6 Å². The SMILES string of the molecule is Cc1cc(Cl)cc(-c2ncnc3cc(CN4C(=O)OC[C@@H]4CF)sc23)c1C[C@@H]1CNCC(C)(C)O1. The maximum Gasteiger partial charge on any atom is 0.410 e. The van der Waals surface area contributed by atoms with E-state index in [4.69, 9.17) is 21.1 Å². The van der Waals surface area contributed by atoms with Gasteiger partial charge >= 0.3 is 6.09 Å². The average molecular weight is 519 g/mol. The number of ether oxygens (including phenoxy) is 2. The Morgan fingerprint density at radius 1 is 1.31 bits per heavy atom. The van der Waals surface area contributed by atoms with Crippen LogP contribution in [0, 0.1) is 6.92 Å². The van der Waals surface area contributed by atoms with Crippen molar-refractivity contribution >= 4 is 39.2 Å². The number of aromatic nitrogens is 2. The lowest BCUT2D eigenvalue weighted by Crippen LogP contribution is -2.51. The monoisotopic (exact) mass is 518 g/mol. The van der Waals surface area contributed by atoms with Gasteiger partial charge in [0, 0.05) is 35.0 Å². The number of carbonyl (C=O) groups excluding carboxylic acids is 1. The molecule has 1 amide bonds. The number of nitrogens with one attached hydrogen (secondary N) is 1. The standard InChI is InChI=1S/C25H28ClFN4O3S/c1-14-4-15(26)5-20(19(14)6-17-9-28-12-25(2,3)34-17)22-23-21(29-13-30-22)7-18(35-23)10-31-16(8-27)11-33-24(31)32/h4-5,7,13,16-17,28H,6,8-12H2,1-3H3/t16-,17+/m0/s1. The molecule has 0 bridgehead atoms. The summed E-state index contributed by atoms with van der Waals surface area (Å²) in [6.07, 6.45) is 1.79. The van der Waals surface area contributed by atoms with Crippen LogP contribution in [0.2, 0.25) is 5.02 Å². The number of halogens is 2. The van der Waals surface area contributed by atoms with Gasteiger partial charge in [-0.1, -0.05) is 11.6 Å². The molecule has 2 aliphatic heterocycles. The number of alkyl halides is 1. The highest BCUT2D eigenvalue weighted by molar-refractivity contribution is 7.19. The zero-order chi connectivity index (χ0) is 24.7. The molecule has 0 spiro atoms. The van der Waals surface area contributed by atoms with Gasteiger partial charge in [-0.3, -0.25) is 4.90 Å². The molecule has 5 rings (SSSR count). The van der Waals surface area contributed by atoms with Gasteiger partial charge in [0.2, 0.25) is 0 Å². The Hall–Kier alpha value is -2.33. The van der Waals surface area contributed by atoms with Crippen LogP contribution in [0.4, 0.5) is 9.18 Å². The molecule has 2 atom stereocenters. The fourth-order valence-electron chi connectivity index (χ4n) is 4.82. The summed E-state index contributed by atoms with van der Waals surface area (Å²) in [6.45, 7) is 7.53. The van der Waals surface area contributed by atoms with Crippen molar-refractivity contribution in [3.63, 3.8) is 0 Å². The van der Waals surface area contributed by atoms with Crippen LogP contribution in [-0.4, -0.2) is 65.1 Å². The number of benzene rings is 1. The average Bonchev–Trinajstić information content (AvgIpc) is 3.37. The van der Waals surface area contributed by atoms with Crippen LogP contribution in [-0.2, 0) is 22.4 Å². The summed E-state index contributed by atoms with van der Waals surface area (Å²) in [7, 11) is 0. The number of hydrogen-bond acceptors (Lipinski definition) is 7. The number of nitrogens with zero attached hydrogens (tertiary/aromatic N) is 3. The summed E-state index contributed by atoms with van der Waals surface area (Å²) in [4.78, 5) is 23.5. The number of aryl methyl sites for hydroxylation is 1. The van der Waals surface area contributed by atoms with E-state index in [0.717, 1.165) is 57.0 Å². The highest BCUT2D eigenvalue weighted by Gasteiger charge is 2.33. The molecule has 2 fully saturated rings. The first-order valence-corrected chi connectivity index (χ1v) is 12.8. The van der Waals surface area contributed by atoms with E-state index in [1.807, 2.05) is 18.2 Å². The van der Waals surface area contributed by atoms with Crippen LogP contribution in [0.3, 0.4) is 0 Å². The van der Waals surface area contributed by atoms with Crippen molar-refractivity contribution in [3.8, 4) is 11.3 Å². The van der Waals surface area contributed by atoms with Gasteiger partial charge in [0.15, 0.2) is 0 Å². The first kappa shape index (κ1) is 24.4. The predicted octanol–water partition coefficient (Wildman–Crippen LogP) is 4.92. The number of carbonyl (C=O) groups is 1. The summed E-state index contributed by atoms with van der Waals surface area (Å²) in [5.74, 6) is 0. The second-order valence-corrected chi connectivity index (χ2v) is 11.3. The summed E-state index contributed by atoms with van der Waals surface area (Å²) >= 11 is 8.00. The highest BCUT2D eigenvalue weighted by atomic mass is 35.5.